The number of carbonyl (C=O) groups is 1. The van der Waals surface area contributed by atoms with Gasteiger partial charge in [0.25, 0.3) is 5.91 Å². The van der Waals surface area contributed by atoms with E-state index in [1.165, 1.54) is 5.06 Å². The van der Waals surface area contributed by atoms with Gasteiger partial charge in [0.1, 0.15) is 6.10 Å². The topological polar surface area (TPSA) is 29.5 Å². The van der Waals surface area contributed by atoms with Crippen molar-refractivity contribution >= 4 is 5.91 Å². The van der Waals surface area contributed by atoms with E-state index in [-0.39, 0.29) is 18.1 Å². The largest absolute Gasteiger partial charge is 0.278 e. The standard InChI is InChI=1S/C12H11NO2/c14-12(9-4-2-1-3-5-9)13-10-6-7-11(8-10)15-13/h1-7,10-11H,8H2. The Balaban J connectivity index is 1.85. The normalized spacial score (nSPS) is 27.3. The molecule has 3 nitrogen and oxygen atoms in total. The zero-order valence-electron chi connectivity index (χ0n) is 8.17. The highest BCUT2D eigenvalue weighted by molar-refractivity contribution is 5.94. The highest BCUT2D eigenvalue weighted by atomic mass is 16.7. The van der Waals surface area contributed by atoms with Crippen molar-refractivity contribution in [2.45, 2.75) is 18.6 Å². The molecule has 1 aliphatic heterocycles. The van der Waals surface area contributed by atoms with Crippen LogP contribution in [0.15, 0.2) is 42.5 Å². The lowest BCUT2D eigenvalue weighted by molar-refractivity contribution is -0.114. The van der Waals surface area contributed by atoms with Gasteiger partial charge in [-0.25, -0.2) is 5.06 Å². The Morgan fingerprint density at radius 1 is 1.27 bits per heavy atom. The van der Waals surface area contributed by atoms with Crippen molar-refractivity contribution in [3.8, 4) is 0 Å². The average molecular weight is 201 g/mol. The fourth-order valence-corrected chi connectivity index (χ4v) is 2.03. The highest BCUT2D eigenvalue weighted by Gasteiger charge is 2.38. The quantitative estimate of drug-likeness (QED) is 0.648. The van der Waals surface area contributed by atoms with Crippen molar-refractivity contribution in [3.05, 3.63) is 48.0 Å². The Kier molecular flexibility index (Phi) is 1.86. The van der Waals surface area contributed by atoms with E-state index in [2.05, 4.69) is 0 Å². The molecule has 1 amide bonds. The lowest BCUT2D eigenvalue weighted by atomic mass is 10.2. The number of rotatable bonds is 1. The van der Waals surface area contributed by atoms with Gasteiger partial charge in [-0.05, 0) is 12.1 Å². The van der Waals surface area contributed by atoms with Crippen LogP contribution >= 0.6 is 0 Å². The smallest absolute Gasteiger partial charge is 0.267 e. The molecule has 1 aromatic rings. The average Bonchev–Trinajstić information content (AvgIpc) is 2.91. The molecule has 2 aliphatic rings. The zero-order valence-corrected chi connectivity index (χ0v) is 8.17. The fraction of sp³-hybridized carbons (Fsp3) is 0.250. The molecule has 1 heterocycles. The van der Waals surface area contributed by atoms with Gasteiger partial charge in [-0.2, -0.15) is 0 Å². The van der Waals surface area contributed by atoms with Gasteiger partial charge in [-0.15, -0.1) is 0 Å². The molecule has 1 aliphatic carbocycles. The van der Waals surface area contributed by atoms with Crippen LogP contribution in [0.2, 0.25) is 0 Å². The van der Waals surface area contributed by atoms with E-state index in [4.69, 9.17) is 4.84 Å². The third kappa shape index (κ3) is 1.36. The predicted octanol–water partition coefficient (Wildman–Crippen LogP) is 1.77. The van der Waals surface area contributed by atoms with Gasteiger partial charge in [-0.1, -0.05) is 30.4 Å². The van der Waals surface area contributed by atoms with Gasteiger partial charge in [-0.3, -0.25) is 9.63 Å². The van der Waals surface area contributed by atoms with Crippen LogP contribution < -0.4 is 0 Å². The van der Waals surface area contributed by atoms with Gasteiger partial charge in [0.15, 0.2) is 0 Å². The Bertz CT molecular complexity index is 413. The molecular weight excluding hydrogens is 190 g/mol. The van der Waals surface area contributed by atoms with Crippen molar-refractivity contribution < 1.29 is 9.63 Å². The molecule has 1 aromatic carbocycles. The summed E-state index contributed by atoms with van der Waals surface area (Å²) in [5.74, 6) is -0.0487. The van der Waals surface area contributed by atoms with Crippen molar-refractivity contribution in [1.82, 2.24) is 5.06 Å². The van der Waals surface area contributed by atoms with Gasteiger partial charge in [0.05, 0.1) is 6.04 Å². The number of hydroxylamine groups is 2. The van der Waals surface area contributed by atoms with Crippen LogP contribution in [-0.4, -0.2) is 23.1 Å². The van der Waals surface area contributed by atoms with E-state index in [1.807, 2.05) is 30.4 Å². The van der Waals surface area contributed by atoms with Crippen molar-refractivity contribution in [3.63, 3.8) is 0 Å². The summed E-state index contributed by atoms with van der Waals surface area (Å²) in [7, 11) is 0. The molecule has 76 valence electrons. The SMILES string of the molecule is O=C(c1ccccc1)N1OC2C=CC1C2. The summed E-state index contributed by atoms with van der Waals surface area (Å²) in [5, 5.41) is 1.49. The first-order valence-corrected chi connectivity index (χ1v) is 5.08. The van der Waals surface area contributed by atoms with Gasteiger partial charge in [0, 0.05) is 12.0 Å². The van der Waals surface area contributed by atoms with Crippen LogP contribution in [0, 0.1) is 0 Å². The summed E-state index contributed by atoms with van der Waals surface area (Å²) >= 11 is 0. The van der Waals surface area contributed by atoms with Crippen LogP contribution in [0.1, 0.15) is 16.8 Å². The number of nitrogens with zero attached hydrogens (tertiary/aromatic N) is 1. The predicted molar refractivity (Wildman–Crippen MR) is 55.0 cm³/mol. The zero-order chi connectivity index (χ0) is 10.3. The minimum atomic E-state index is -0.0487. The number of amides is 1. The molecule has 1 saturated heterocycles. The number of hydrogen-bond donors (Lipinski definition) is 0. The Morgan fingerprint density at radius 3 is 2.67 bits per heavy atom. The Labute approximate surface area is 87.9 Å². The van der Waals surface area contributed by atoms with Crippen molar-refractivity contribution in [2.75, 3.05) is 0 Å². The molecule has 2 atom stereocenters. The monoisotopic (exact) mass is 201 g/mol. The number of hydrogen-bond acceptors (Lipinski definition) is 2. The molecule has 0 saturated carbocycles. The van der Waals surface area contributed by atoms with Crippen molar-refractivity contribution in [2.24, 2.45) is 0 Å². The third-order valence-electron chi connectivity index (χ3n) is 2.79. The molecule has 0 aromatic heterocycles. The van der Waals surface area contributed by atoms with Crippen LogP contribution in [0.3, 0.4) is 0 Å². The minimum Gasteiger partial charge on any atom is -0.267 e. The maximum Gasteiger partial charge on any atom is 0.278 e. The summed E-state index contributed by atoms with van der Waals surface area (Å²) in [6.45, 7) is 0. The first kappa shape index (κ1) is 8.68. The lowest BCUT2D eigenvalue weighted by Gasteiger charge is -2.22. The second kappa shape index (κ2) is 3.21. The molecule has 0 radical (unpaired) electrons. The van der Waals surface area contributed by atoms with E-state index >= 15 is 0 Å². The molecule has 3 rings (SSSR count). The molecule has 0 N–H and O–H groups in total. The van der Waals surface area contributed by atoms with Crippen LogP contribution in [-0.2, 0) is 4.84 Å². The fourth-order valence-electron chi connectivity index (χ4n) is 2.03. The Hall–Kier alpha value is -1.61. The number of fused-ring (bicyclic) bond motifs is 2. The maximum absolute atomic E-state index is 12.0. The summed E-state index contributed by atoms with van der Waals surface area (Å²) in [5.41, 5.74) is 0.679. The van der Waals surface area contributed by atoms with Crippen LogP contribution in [0.25, 0.3) is 0 Å². The minimum absolute atomic E-state index is 0.0487. The first-order valence-electron chi connectivity index (χ1n) is 5.08. The number of carbonyl (C=O) groups excluding carboxylic acids is 1. The summed E-state index contributed by atoms with van der Waals surface area (Å²) in [6, 6.07) is 9.35. The summed E-state index contributed by atoms with van der Waals surface area (Å²) in [6.07, 6.45) is 5.05. The van der Waals surface area contributed by atoms with E-state index < -0.39 is 0 Å². The Morgan fingerprint density at radius 2 is 2.07 bits per heavy atom. The molecule has 2 bridgehead atoms. The molecule has 0 spiro atoms. The van der Waals surface area contributed by atoms with Gasteiger partial charge >= 0.3 is 0 Å². The van der Waals surface area contributed by atoms with E-state index in [1.54, 1.807) is 12.1 Å². The van der Waals surface area contributed by atoms with Crippen molar-refractivity contribution in [1.29, 1.82) is 0 Å². The second-order valence-electron chi connectivity index (χ2n) is 3.83. The van der Waals surface area contributed by atoms with E-state index in [0.717, 1.165) is 6.42 Å². The molecule has 15 heavy (non-hydrogen) atoms. The molecule has 3 heteroatoms. The summed E-state index contributed by atoms with van der Waals surface area (Å²) < 4.78 is 0. The van der Waals surface area contributed by atoms with Gasteiger partial charge in [0.2, 0.25) is 0 Å². The summed E-state index contributed by atoms with van der Waals surface area (Å²) in [4.78, 5) is 17.5. The van der Waals surface area contributed by atoms with E-state index in [0.29, 0.717) is 5.56 Å². The molecular formula is C12H11NO2. The molecule has 2 unspecified atom stereocenters. The molecule has 1 fully saturated rings. The van der Waals surface area contributed by atoms with Crippen LogP contribution in [0.5, 0.6) is 0 Å². The maximum atomic E-state index is 12.0. The highest BCUT2D eigenvalue weighted by Crippen LogP contribution is 2.30. The van der Waals surface area contributed by atoms with Gasteiger partial charge < -0.3 is 0 Å². The number of benzene rings is 1. The first-order chi connectivity index (χ1) is 7.34. The van der Waals surface area contributed by atoms with E-state index in [9.17, 15) is 4.79 Å². The van der Waals surface area contributed by atoms with Crippen LogP contribution in [0.4, 0.5) is 0 Å². The third-order valence-corrected chi connectivity index (χ3v) is 2.79. The lowest BCUT2D eigenvalue weighted by Crippen LogP contribution is -2.34. The second-order valence-corrected chi connectivity index (χ2v) is 3.83.